The van der Waals surface area contributed by atoms with E-state index in [2.05, 4.69) is 25.5 Å². The number of rotatable bonds is 5. The number of fused-ring (bicyclic) bond motifs is 3. The minimum Gasteiger partial charge on any atom is -0.385 e. The first kappa shape index (κ1) is 27.6. The molecule has 1 saturated heterocycles. The molecule has 0 unspecified atom stereocenters. The maximum absolute atomic E-state index is 14.8. The van der Waals surface area contributed by atoms with E-state index in [9.17, 15) is 36.2 Å². The zero-order valence-electron chi connectivity index (χ0n) is 21.2. The Kier molecular flexibility index (Phi) is 6.80. The number of nitrogens with one attached hydrogen (secondary N) is 1. The van der Waals surface area contributed by atoms with Crippen LogP contribution in [0.2, 0.25) is 0 Å². The Morgan fingerprint density at radius 1 is 1.10 bits per heavy atom. The third-order valence-electron chi connectivity index (χ3n) is 7.17. The van der Waals surface area contributed by atoms with Gasteiger partial charge in [-0.05, 0) is 25.8 Å². The fourth-order valence-corrected chi connectivity index (χ4v) is 5.02. The van der Waals surface area contributed by atoms with Crippen LogP contribution in [-0.4, -0.2) is 53.6 Å². The maximum Gasteiger partial charge on any atom is 0.452 e. The van der Waals surface area contributed by atoms with Crippen molar-refractivity contribution in [1.82, 2.24) is 29.5 Å². The molecule has 0 aliphatic carbocycles. The number of aliphatic hydroxyl groups is 1. The number of benzene rings is 1. The number of likely N-dealkylation sites (tertiary alicyclic amines) is 1. The number of pyridine rings is 1. The van der Waals surface area contributed by atoms with Gasteiger partial charge < -0.3 is 15.3 Å². The van der Waals surface area contributed by atoms with Gasteiger partial charge in [0, 0.05) is 31.1 Å². The van der Waals surface area contributed by atoms with Crippen LogP contribution >= 0.6 is 0 Å². The molecule has 4 heterocycles. The van der Waals surface area contributed by atoms with E-state index < -0.39 is 41.4 Å². The lowest BCUT2D eigenvalue weighted by molar-refractivity contribution is -0.145. The molecule has 3 aromatic heterocycles. The average Bonchev–Trinajstić information content (AvgIpc) is 3.35. The summed E-state index contributed by atoms with van der Waals surface area (Å²) in [6.45, 7) is 3.17. The van der Waals surface area contributed by atoms with Crippen LogP contribution in [0.4, 0.5) is 32.2 Å². The van der Waals surface area contributed by atoms with Crippen LogP contribution in [0.15, 0.2) is 30.6 Å². The van der Waals surface area contributed by atoms with Crippen molar-refractivity contribution in [3.05, 3.63) is 58.9 Å². The van der Waals surface area contributed by atoms with Crippen molar-refractivity contribution in [3.63, 3.8) is 0 Å². The highest BCUT2D eigenvalue weighted by atomic mass is 19.4. The molecule has 1 aliphatic heterocycles. The smallest absolute Gasteiger partial charge is 0.385 e. The highest BCUT2D eigenvalue weighted by Gasteiger charge is 2.42. The number of aromatic nitrogens is 5. The highest BCUT2D eigenvalue weighted by Crippen LogP contribution is 2.40. The molecular weight excluding hydrogens is 544 g/mol. The second kappa shape index (κ2) is 9.87. The van der Waals surface area contributed by atoms with E-state index in [-0.39, 0.29) is 65.5 Å². The summed E-state index contributed by atoms with van der Waals surface area (Å²) in [7, 11) is 0. The summed E-state index contributed by atoms with van der Waals surface area (Å²) in [6, 6.07) is 3.99. The van der Waals surface area contributed by atoms with Gasteiger partial charge in [0.25, 0.3) is 6.43 Å². The SMILES string of the molecule is CC(=O)N1CCC(O)(c2cc3c(N[C@H](C)c4cccc(C(F)F)c4F)ncnc3n3c(C(F)(F)F)nnc23)CC1. The van der Waals surface area contributed by atoms with Gasteiger partial charge in [-0.3, -0.25) is 9.20 Å². The van der Waals surface area contributed by atoms with E-state index in [0.717, 1.165) is 12.4 Å². The minimum absolute atomic E-state index is 0.0143. The summed E-state index contributed by atoms with van der Waals surface area (Å²) in [4.78, 5) is 21.4. The zero-order valence-corrected chi connectivity index (χ0v) is 21.2. The Balaban J connectivity index is 1.67. The number of alkyl halides is 5. The molecule has 1 amide bonds. The van der Waals surface area contributed by atoms with Gasteiger partial charge in [-0.2, -0.15) is 13.2 Å². The zero-order chi connectivity index (χ0) is 29.0. The van der Waals surface area contributed by atoms with Crippen molar-refractivity contribution >= 4 is 28.4 Å². The predicted octanol–water partition coefficient (Wildman–Crippen LogP) is 4.77. The van der Waals surface area contributed by atoms with Crippen molar-refractivity contribution in [3.8, 4) is 0 Å². The van der Waals surface area contributed by atoms with Crippen LogP contribution in [0.25, 0.3) is 16.7 Å². The number of piperidine rings is 1. The molecule has 40 heavy (non-hydrogen) atoms. The number of nitrogens with zero attached hydrogens (tertiary/aromatic N) is 6. The van der Waals surface area contributed by atoms with Gasteiger partial charge in [-0.25, -0.2) is 23.1 Å². The van der Waals surface area contributed by atoms with E-state index >= 15 is 0 Å². The van der Waals surface area contributed by atoms with E-state index in [4.69, 9.17) is 0 Å². The molecule has 2 N–H and O–H groups in total. The monoisotopic (exact) mass is 567 g/mol. The number of amides is 1. The molecular formula is C25H23F6N7O2. The Morgan fingerprint density at radius 3 is 2.40 bits per heavy atom. The molecule has 15 heteroatoms. The average molecular weight is 567 g/mol. The van der Waals surface area contributed by atoms with Gasteiger partial charge in [-0.1, -0.05) is 18.2 Å². The molecule has 0 radical (unpaired) electrons. The third kappa shape index (κ3) is 4.67. The lowest BCUT2D eigenvalue weighted by Crippen LogP contribution is -2.44. The standard InChI is InChI=1S/C25H23F6N7O2/c1-12(14-4-3-5-15(18(14)26)19(27)28)34-20-16-10-17(24(40)6-8-37(9-7-24)13(2)39)22-35-36-23(25(29,30)31)38(22)21(16)33-11-32-20/h3-5,10-12,19,40H,6-9H2,1-2H3,(H,32,33,34)/t12-/m1/s1. The van der Waals surface area contributed by atoms with E-state index in [1.165, 1.54) is 36.9 Å². The van der Waals surface area contributed by atoms with E-state index in [1.807, 2.05) is 0 Å². The van der Waals surface area contributed by atoms with E-state index in [0.29, 0.717) is 4.40 Å². The van der Waals surface area contributed by atoms with Crippen LogP contribution in [-0.2, 0) is 16.6 Å². The van der Waals surface area contributed by atoms with Crippen LogP contribution in [0.5, 0.6) is 0 Å². The van der Waals surface area contributed by atoms with Crippen molar-refractivity contribution in [1.29, 1.82) is 0 Å². The Morgan fingerprint density at radius 2 is 1.77 bits per heavy atom. The second-order valence-electron chi connectivity index (χ2n) is 9.65. The lowest BCUT2D eigenvalue weighted by atomic mass is 9.84. The van der Waals surface area contributed by atoms with Gasteiger partial charge in [0.15, 0.2) is 11.3 Å². The van der Waals surface area contributed by atoms with Gasteiger partial charge in [0.1, 0.15) is 18.0 Å². The number of anilines is 1. The second-order valence-corrected chi connectivity index (χ2v) is 9.65. The van der Waals surface area contributed by atoms with Crippen LogP contribution in [0, 0.1) is 5.82 Å². The van der Waals surface area contributed by atoms with Crippen LogP contribution in [0.3, 0.4) is 0 Å². The molecule has 1 atom stereocenters. The number of halogens is 6. The quantitative estimate of drug-likeness (QED) is 0.335. The normalized spacial score (nSPS) is 16.6. The fourth-order valence-electron chi connectivity index (χ4n) is 5.02. The van der Waals surface area contributed by atoms with Crippen molar-refractivity contribution in [2.45, 2.75) is 50.9 Å². The molecule has 212 valence electrons. The Hall–Kier alpha value is -4.01. The molecule has 1 fully saturated rings. The summed E-state index contributed by atoms with van der Waals surface area (Å²) >= 11 is 0. The molecule has 0 saturated carbocycles. The number of hydrogen-bond acceptors (Lipinski definition) is 7. The molecule has 0 spiro atoms. The van der Waals surface area contributed by atoms with Crippen molar-refractivity contribution in [2.75, 3.05) is 18.4 Å². The van der Waals surface area contributed by atoms with Gasteiger partial charge >= 0.3 is 6.18 Å². The topological polar surface area (TPSA) is 109 Å². The Bertz CT molecular complexity index is 1600. The molecule has 1 aliphatic rings. The molecule has 5 rings (SSSR count). The lowest BCUT2D eigenvalue weighted by Gasteiger charge is -2.38. The first-order valence-electron chi connectivity index (χ1n) is 12.2. The van der Waals surface area contributed by atoms with Crippen LogP contribution < -0.4 is 5.32 Å². The number of carbonyl (C=O) groups is 1. The van der Waals surface area contributed by atoms with Gasteiger partial charge in [-0.15, -0.1) is 10.2 Å². The van der Waals surface area contributed by atoms with Crippen molar-refractivity contribution in [2.24, 2.45) is 0 Å². The Labute approximate surface area is 222 Å². The van der Waals surface area contributed by atoms with E-state index in [1.54, 1.807) is 0 Å². The molecule has 4 aromatic rings. The molecule has 0 bridgehead atoms. The van der Waals surface area contributed by atoms with Crippen molar-refractivity contribution < 1.29 is 36.2 Å². The summed E-state index contributed by atoms with van der Waals surface area (Å²) in [6.07, 6.45) is -6.97. The minimum atomic E-state index is -4.93. The number of hydrogen-bond donors (Lipinski definition) is 2. The summed E-state index contributed by atoms with van der Waals surface area (Å²) in [5, 5.41) is 21.6. The maximum atomic E-state index is 14.8. The molecule has 9 nitrogen and oxygen atoms in total. The van der Waals surface area contributed by atoms with Crippen LogP contribution in [0.1, 0.15) is 61.7 Å². The summed E-state index contributed by atoms with van der Waals surface area (Å²) in [5.74, 6) is -2.74. The highest BCUT2D eigenvalue weighted by molar-refractivity contribution is 5.90. The fraction of sp³-hybridized carbons (Fsp3) is 0.400. The first-order valence-corrected chi connectivity index (χ1v) is 12.2. The predicted molar refractivity (Wildman–Crippen MR) is 130 cm³/mol. The number of carbonyl (C=O) groups excluding carboxylic acids is 1. The summed E-state index contributed by atoms with van der Waals surface area (Å²) < 4.78 is 83.9. The summed E-state index contributed by atoms with van der Waals surface area (Å²) in [5.41, 5.74) is -3.07. The van der Waals surface area contributed by atoms with Gasteiger partial charge in [0.2, 0.25) is 11.7 Å². The first-order chi connectivity index (χ1) is 18.8. The third-order valence-corrected chi connectivity index (χ3v) is 7.17. The largest absolute Gasteiger partial charge is 0.452 e. The van der Waals surface area contributed by atoms with Gasteiger partial charge in [0.05, 0.1) is 22.6 Å². The molecule has 1 aromatic carbocycles.